The van der Waals surface area contributed by atoms with Crippen molar-refractivity contribution in [2.75, 3.05) is 12.3 Å². The lowest BCUT2D eigenvalue weighted by Crippen LogP contribution is -2.36. The van der Waals surface area contributed by atoms with E-state index < -0.39 is 0 Å². The molecule has 27 heavy (non-hydrogen) atoms. The molecule has 1 aliphatic carbocycles. The van der Waals surface area contributed by atoms with Crippen molar-refractivity contribution in [3.8, 4) is 11.5 Å². The second kappa shape index (κ2) is 10.2. The molecule has 6 nitrogen and oxygen atoms in total. The highest BCUT2D eigenvalue weighted by molar-refractivity contribution is 7.99. The summed E-state index contributed by atoms with van der Waals surface area (Å²) in [7, 11) is 0. The van der Waals surface area contributed by atoms with Crippen LogP contribution in [0.25, 0.3) is 11.5 Å². The lowest BCUT2D eigenvalue weighted by atomic mass is 10.2. The van der Waals surface area contributed by atoms with Crippen LogP contribution in [-0.4, -0.2) is 35.1 Å². The van der Waals surface area contributed by atoms with Crippen molar-refractivity contribution in [2.45, 2.75) is 43.9 Å². The van der Waals surface area contributed by atoms with Crippen LogP contribution in [0.15, 0.2) is 41.0 Å². The lowest BCUT2D eigenvalue weighted by Gasteiger charge is -2.11. The molecule has 2 aromatic rings. The van der Waals surface area contributed by atoms with Crippen LogP contribution in [0.4, 0.5) is 0 Å². The predicted octanol–water partition coefficient (Wildman–Crippen LogP) is 3.14. The van der Waals surface area contributed by atoms with Crippen molar-refractivity contribution in [3.05, 3.63) is 42.3 Å². The van der Waals surface area contributed by atoms with Crippen molar-refractivity contribution in [1.82, 2.24) is 15.6 Å². The summed E-state index contributed by atoms with van der Waals surface area (Å²) < 4.78 is 5.48. The van der Waals surface area contributed by atoms with Gasteiger partial charge in [0.15, 0.2) is 0 Å². The van der Waals surface area contributed by atoms with Gasteiger partial charge in [-0.1, -0.05) is 31.0 Å². The van der Waals surface area contributed by atoms with Crippen LogP contribution in [0.3, 0.4) is 0 Å². The molecule has 1 saturated carbocycles. The zero-order chi connectivity index (χ0) is 18.9. The smallest absolute Gasteiger partial charge is 0.230 e. The lowest BCUT2D eigenvalue weighted by molar-refractivity contribution is -0.122. The van der Waals surface area contributed by atoms with Crippen LogP contribution in [0.2, 0.25) is 0 Å². The summed E-state index contributed by atoms with van der Waals surface area (Å²) in [5, 5.41) is 5.81. The fourth-order valence-electron chi connectivity index (χ4n) is 3.07. The number of hydrogen-bond acceptors (Lipinski definition) is 5. The van der Waals surface area contributed by atoms with Gasteiger partial charge >= 0.3 is 0 Å². The highest BCUT2D eigenvalue weighted by Gasteiger charge is 2.16. The molecule has 1 aliphatic rings. The molecule has 0 bridgehead atoms. The molecule has 1 aromatic heterocycles. The Morgan fingerprint density at radius 1 is 1.15 bits per heavy atom. The molecule has 0 radical (unpaired) electrons. The Morgan fingerprint density at radius 2 is 1.93 bits per heavy atom. The van der Waals surface area contributed by atoms with E-state index in [1.807, 2.05) is 30.3 Å². The summed E-state index contributed by atoms with van der Waals surface area (Å²) in [4.78, 5) is 28.1. The Bertz CT molecular complexity index is 742. The third-order valence-corrected chi connectivity index (χ3v) is 5.42. The van der Waals surface area contributed by atoms with Gasteiger partial charge < -0.3 is 15.1 Å². The topological polar surface area (TPSA) is 84.2 Å². The van der Waals surface area contributed by atoms with Crippen LogP contribution in [-0.2, 0) is 15.3 Å². The van der Waals surface area contributed by atoms with E-state index in [4.69, 9.17) is 4.42 Å². The highest BCUT2D eigenvalue weighted by atomic mass is 32.2. The molecule has 2 amide bonds. The number of thioether (sulfide) groups is 1. The third-order valence-electron chi connectivity index (χ3n) is 4.45. The summed E-state index contributed by atoms with van der Waals surface area (Å²) in [6.45, 7) is 0.375. The van der Waals surface area contributed by atoms with Gasteiger partial charge in [0.2, 0.25) is 17.7 Å². The van der Waals surface area contributed by atoms with E-state index >= 15 is 0 Å². The number of rotatable bonds is 9. The molecular formula is C20H25N3O3S. The average Bonchev–Trinajstić information content (AvgIpc) is 3.34. The van der Waals surface area contributed by atoms with E-state index in [0.29, 0.717) is 36.4 Å². The first-order chi connectivity index (χ1) is 13.2. The summed E-state index contributed by atoms with van der Waals surface area (Å²) >= 11 is 1.47. The minimum Gasteiger partial charge on any atom is -0.444 e. The highest BCUT2D eigenvalue weighted by Crippen LogP contribution is 2.20. The largest absolute Gasteiger partial charge is 0.444 e. The molecule has 1 fully saturated rings. The van der Waals surface area contributed by atoms with Gasteiger partial charge in [0.1, 0.15) is 6.26 Å². The second-order valence-electron chi connectivity index (χ2n) is 6.65. The molecule has 3 rings (SSSR count). The van der Waals surface area contributed by atoms with E-state index in [1.54, 1.807) is 6.26 Å². The molecule has 144 valence electrons. The third kappa shape index (κ3) is 6.43. The molecular weight excluding hydrogens is 362 g/mol. The molecule has 0 unspecified atom stereocenters. The van der Waals surface area contributed by atoms with Gasteiger partial charge in [-0.05, 0) is 25.0 Å². The summed E-state index contributed by atoms with van der Waals surface area (Å²) in [5.41, 5.74) is 1.74. The van der Waals surface area contributed by atoms with Gasteiger partial charge in [-0.2, -0.15) is 0 Å². The standard InChI is InChI=1S/C20H25N3O3S/c24-18(22-16-8-4-5-9-16)10-11-21-19(25)14-27-13-17-12-26-20(23-17)15-6-2-1-3-7-15/h1-3,6-7,12,16H,4-5,8-11,13-14H2,(H,21,25)(H,22,24). The molecule has 7 heteroatoms. The van der Waals surface area contributed by atoms with Crippen molar-refractivity contribution < 1.29 is 14.0 Å². The number of nitrogens with zero attached hydrogens (tertiary/aromatic N) is 1. The number of carbonyl (C=O) groups is 2. The minimum atomic E-state index is -0.0690. The average molecular weight is 388 g/mol. The van der Waals surface area contributed by atoms with Gasteiger partial charge in [-0.15, -0.1) is 11.8 Å². The molecule has 0 spiro atoms. The van der Waals surface area contributed by atoms with Crippen LogP contribution < -0.4 is 10.6 Å². The van der Waals surface area contributed by atoms with E-state index in [9.17, 15) is 9.59 Å². The van der Waals surface area contributed by atoms with Crippen LogP contribution in [0, 0.1) is 0 Å². The summed E-state index contributed by atoms with van der Waals surface area (Å²) in [5.74, 6) is 1.47. The summed E-state index contributed by atoms with van der Waals surface area (Å²) in [6.07, 6.45) is 6.48. The fourth-order valence-corrected chi connectivity index (χ4v) is 3.80. The number of nitrogens with one attached hydrogen (secondary N) is 2. The van der Waals surface area contributed by atoms with Gasteiger partial charge in [-0.3, -0.25) is 9.59 Å². The SMILES string of the molecule is O=C(CSCc1coc(-c2ccccc2)n1)NCCC(=O)NC1CCCC1. The number of oxazole rings is 1. The zero-order valence-corrected chi connectivity index (χ0v) is 16.1. The summed E-state index contributed by atoms with van der Waals surface area (Å²) in [6, 6.07) is 10.0. The van der Waals surface area contributed by atoms with Crippen molar-refractivity contribution >= 4 is 23.6 Å². The van der Waals surface area contributed by atoms with Gasteiger partial charge in [0, 0.05) is 30.3 Å². The number of carbonyl (C=O) groups excluding carboxylic acids is 2. The number of hydrogen-bond donors (Lipinski definition) is 2. The van der Waals surface area contributed by atoms with Crippen LogP contribution >= 0.6 is 11.8 Å². The van der Waals surface area contributed by atoms with Crippen LogP contribution in [0.5, 0.6) is 0 Å². The maximum atomic E-state index is 11.9. The molecule has 2 N–H and O–H groups in total. The molecule has 0 saturated heterocycles. The van der Waals surface area contributed by atoms with Crippen LogP contribution in [0.1, 0.15) is 37.8 Å². The Morgan fingerprint density at radius 3 is 2.70 bits per heavy atom. The fraction of sp³-hybridized carbons (Fsp3) is 0.450. The molecule has 0 aliphatic heterocycles. The quantitative estimate of drug-likeness (QED) is 0.691. The first kappa shape index (κ1) is 19.5. The maximum absolute atomic E-state index is 11.9. The first-order valence-corrected chi connectivity index (χ1v) is 10.5. The minimum absolute atomic E-state index is 0.0193. The van der Waals surface area contributed by atoms with Crippen molar-refractivity contribution in [1.29, 1.82) is 0 Å². The van der Waals surface area contributed by atoms with E-state index in [1.165, 1.54) is 24.6 Å². The van der Waals surface area contributed by atoms with E-state index in [0.717, 1.165) is 24.1 Å². The second-order valence-corrected chi connectivity index (χ2v) is 7.64. The molecule has 1 heterocycles. The zero-order valence-electron chi connectivity index (χ0n) is 15.3. The predicted molar refractivity (Wildman–Crippen MR) is 106 cm³/mol. The van der Waals surface area contributed by atoms with Crippen molar-refractivity contribution in [2.24, 2.45) is 0 Å². The normalized spacial score (nSPS) is 14.2. The Balaban J connectivity index is 1.29. The number of benzene rings is 1. The number of aromatic nitrogens is 1. The van der Waals surface area contributed by atoms with Gasteiger partial charge in [0.25, 0.3) is 0 Å². The maximum Gasteiger partial charge on any atom is 0.230 e. The van der Waals surface area contributed by atoms with Gasteiger partial charge in [0.05, 0.1) is 11.4 Å². The Hall–Kier alpha value is -2.28. The van der Waals surface area contributed by atoms with Gasteiger partial charge in [-0.25, -0.2) is 4.98 Å². The van der Waals surface area contributed by atoms with E-state index in [2.05, 4.69) is 15.6 Å². The first-order valence-electron chi connectivity index (χ1n) is 9.34. The van der Waals surface area contributed by atoms with E-state index in [-0.39, 0.29) is 11.8 Å². The van der Waals surface area contributed by atoms with Crippen molar-refractivity contribution in [3.63, 3.8) is 0 Å². The Labute approximate surface area is 163 Å². The number of amides is 2. The molecule has 1 aromatic carbocycles. The molecule has 0 atom stereocenters. The Kier molecular flexibility index (Phi) is 7.33. The monoisotopic (exact) mass is 387 g/mol.